The summed E-state index contributed by atoms with van der Waals surface area (Å²) >= 11 is 3.58. The Morgan fingerprint density at radius 1 is 1.21 bits per heavy atom. The van der Waals surface area contributed by atoms with Crippen LogP contribution in [0.5, 0.6) is 0 Å². The highest BCUT2D eigenvalue weighted by atomic mass is 79.9. The number of nitrogens with zero attached hydrogens (tertiary/aromatic N) is 1. The third kappa shape index (κ3) is 1.35. The number of hydrogen-bond donors (Lipinski definition) is 0. The fourth-order valence-electron chi connectivity index (χ4n) is 2.26. The zero-order valence-corrected chi connectivity index (χ0v) is 9.40. The monoisotopic (exact) mass is 253 g/mol. The van der Waals surface area contributed by atoms with E-state index >= 15 is 0 Å². The molecule has 0 saturated carbocycles. The van der Waals surface area contributed by atoms with Crippen molar-refractivity contribution in [3.05, 3.63) is 28.7 Å². The van der Waals surface area contributed by atoms with Gasteiger partial charge in [0.25, 0.3) is 0 Å². The van der Waals surface area contributed by atoms with Gasteiger partial charge in [-0.2, -0.15) is 0 Å². The third-order valence-electron chi connectivity index (χ3n) is 2.95. The molecule has 74 valence electrons. The second-order valence-electron chi connectivity index (χ2n) is 3.97. The maximum absolute atomic E-state index is 5.61. The molecule has 3 fully saturated rings. The van der Waals surface area contributed by atoms with Crippen molar-refractivity contribution >= 4 is 21.6 Å². The van der Waals surface area contributed by atoms with E-state index < -0.39 is 0 Å². The molecule has 1 aromatic rings. The molecule has 3 aliphatic heterocycles. The van der Waals surface area contributed by atoms with Gasteiger partial charge in [0.15, 0.2) is 0 Å². The lowest BCUT2D eigenvalue weighted by Crippen LogP contribution is -2.57. The van der Waals surface area contributed by atoms with Crippen LogP contribution in [0.25, 0.3) is 0 Å². The Labute approximate surface area is 92.0 Å². The number of rotatable bonds is 1. The van der Waals surface area contributed by atoms with Gasteiger partial charge in [-0.3, -0.25) is 0 Å². The minimum Gasteiger partial charge on any atom is -0.371 e. The van der Waals surface area contributed by atoms with Crippen molar-refractivity contribution in [2.45, 2.75) is 18.6 Å². The molecule has 3 heterocycles. The summed E-state index contributed by atoms with van der Waals surface area (Å²) in [6.45, 7) is 2.08. The van der Waals surface area contributed by atoms with Gasteiger partial charge < -0.3 is 9.64 Å². The molecule has 0 aliphatic carbocycles. The second-order valence-corrected chi connectivity index (χ2v) is 4.83. The summed E-state index contributed by atoms with van der Waals surface area (Å²) in [5, 5.41) is 0. The lowest BCUT2D eigenvalue weighted by molar-refractivity contribution is -0.133. The van der Waals surface area contributed by atoms with Crippen molar-refractivity contribution in [1.29, 1.82) is 0 Å². The number of benzene rings is 1. The molecule has 2 unspecified atom stereocenters. The average molecular weight is 254 g/mol. The molecular formula is C11H12BrNO. The van der Waals surface area contributed by atoms with Crippen LogP contribution in [0, 0.1) is 0 Å². The summed E-state index contributed by atoms with van der Waals surface area (Å²) in [6.07, 6.45) is 2.20. The summed E-state index contributed by atoms with van der Waals surface area (Å²) in [5.74, 6) is 0. The lowest BCUT2D eigenvalue weighted by atomic mass is 9.98. The number of anilines is 1. The van der Waals surface area contributed by atoms with Gasteiger partial charge in [0, 0.05) is 24.0 Å². The molecule has 3 saturated heterocycles. The molecular weight excluding hydrogens is 242 g/mol. The minimum absolute atomic E-state index is 0.473. The number of fused-ring (bicyclic) bond motifs is 2. The predicted octanol–water partition coefficient (Wildman–Crippen LogP) is 2.43. The van der Waals surface area contributed by atoms with Gasteiger partial charge in [-0.1, -0.05) is 12.1 Å². The van der Waals surface area contributed by atoms with Gasteiger partial charge >= 0.3 is 0 Å². The van der Waals surface area contributed by atoms with E-state index in [0.29, 0.717) is 12.2 Å². The van der Waals surface area contributed by atoms with E-state index in [-0.39, 0.29) is 0 Å². The topological polar surface area (TPSA) is 12.5 Å². The Hall–Kier alpha value is -0.540. The highest BCUT2D eigenvalue weighted by Crippen LogP contribution is 2.34. The van der Waals surface area contributed by atoms with E-state index in [1.807, 2.05) is 0 Å². The largest absolute Gasteiger partial charge is 0.371 e. The number of hydrogen-bond acceptors (Lipinski definition) is 2. The van der Waals surface area contributed by atoms with E-state index in [4.69, 9.17) is 4.74 Å². The number of ether oxygens (including phenoxy) is 1. The molecule has 0 aromatic heterocycles. The van der Waals surface area contributed by atoms with Crippen LogP contribution in [0.2, 0.25) is 0 Å². The molecule has 0 N–H and O–H groups in total. The van der Waals surface area contributed by atoms with Gasteiger partial charge in [0.1, 0.15) is 0 Å². The van der Waals surface area contributed by atoms with E-state index in [2.05, 4.69) is 45.1 Å². The third-order valence-corrected chi connectivity index (χ3v) is 3.62. The highest BCUT2D eigenvalue weighted by molar-refractivity contribution is 9.10. The van der Waals surface area contributed by atoms with Crippen molar-refractivity contribution < 1.29 is 4.74 Å². The number of morpholine rings is 1. The fraction of sp³-hybridized carbons (Fsp3) is 0.455. The Balaban J connectivity index is 1.85. The van der Waals surface area contributed by atoms with Gasteiger partial charge in [-0.15, -0.1) is 0 Å². The summed E-state index contributed by atoms with van der Waals surface area (Å²) in [5.41, 5.74) is 1.30. The molecule has 4 rings (SSSR count). The maximum atomic E-state index is 5.61. The van der Waals surface area contributed by atoms with Crippen LogP contribution < -0.4 is 4.90 Å². The first kappa shape index (κ1) is 8.74. The number of para-hydroxylation sites is 1. The van der Waals surface area contributed by atoms with Crippen LogP contribution in [0.4, 0.5) is 5.69 Å². The molecule has 0 amide bonds. The summed E-state index contributed by atoms with van der Waals surface area (Å²) in [7, 11) is 0. The first-order chi connectivity index (χ1) is 6.83. The first-order valence-corrected chi connectivity index (χ1v) is 5.77. The second kappa shape index (κ2) is 3.24. The first-order valence-electron chi connectivity index (χ1n) is 4.98. The molecule has 3 aliphatic rings. The average Bonchev–Trinajstić information content (AvgIpc) is 2.17. The smallest absolute Gasteiger partial charge is 0.0780 e. The fourth-order valence-corrected chi connectivity index (χ4v) is 2.80. The van der Waals surface area contributed by atoms with Gasteiger partial charge in [-0.05, 0) is 28.1 Å². The zero-order chi connectivity index (χ0) is 9.54. The van der Waals surface area contributed by atoms with Crippen LogP contribution in [-0.4, -0.2) is 25.3 Å². The van der Waals surface area contributed by atoms with Gasteiger partial charge in [-0.25, -0.2) is 0 Å². The molecule has 1 aromatic carbocycles. The lowest BCUT2D eigenvalue weighted by Gasteiger charge is -2.48. The highest BCUT2D eigenvalue weighted by Gasteiger charge is 2.38. The standard InChI is InChI=1S/C11H12BrNO/c12-10-3-1-2-4-11(10)13-6-8-5-9(7-13)14-8/h1-4,8-9H,5-7H2. The van der Waals surface area contributed by atoms with Crippen molar-refractivity contribution in [1.82, 2.24) is 0 Å². The van der Waals surface area contributed by atoms with Gasteiger partial charge in [0.05, 0.1) is 17.9 Å². The summed E-state index contributed by atoms with van der Waals surface area (Å²) < 4.78 is 6.79. The van der Waals surface area contributed by atoms with E-state index in [1.165, 1.54) is 16.6 Å². The van der Waals surface area contributed by atoms with Crippen molar-refractivity contribution in [3.63, 3.8) is 0 Å². The Morgan fingerprint density at radius 2 is 1.86 bits per heavy atom. The zero-order valence-electron chi connectivity index (χ0n) is 7.82. The van der Waals surface area contributed by atoms with Crippen LogP contribution >= 0.6 is 15.9 Å². The summed E-state index contributed by atoms with van der Waals surface area (Å²) in [4.78, 5) is 2.41. The van der Waals surface area contributed by atoms with Crippen LogP contribution in [0.3, 0.4) is 0 Å². The Bertz CT molecular complexity index is 339. The predicted molar refractivity (Wildman–Crippen MR) is 59.6 cm³/mol. The maximum Gasteiger partial charge on any atom is 0.0780 e. The molecule has 14 heavy (non-hydrogen) atoms. The Kier molecular flexibility index (Phi) is 2.03. The SMILES string of the molecule is Brc1ccccc1N1CC2CC(C1)O2. The summed E-state index contributed by atoms with van der Waals surface area (Å²) in [6, 6.07) is 8.39. The normalized spacial score (nSPS) is 29.9. The van der Waals surface area contributed by atoms with Crippen molar-refractivity contribution in [2.75, 3.05) is 18.0 Å². The van der Waals surface area contributed by atoms with Crippen molar-refractivity contribution in [3.8, 4) is 0 Å². The van der Waals surface area contributed by atoms with Crippen molar-refractivity contribution in [2.24, 2.45) is 0 Å². The number of halogens is 1. The molecule has 2 atom stereocenters. The Morgan fingerprint density at radius 3 is 2.50 bits per heavy atom. The van der Waals surface area contributed by atoms with Crippen LogP contribution in [0.15, 0.2) is 28.7 Å². The van der Waals surface area contributed by atoms with E-state index in [9.17, 15) is 0 Å². The molecule has 3 heteroatoms. The molecule has 2 nitrogen and oxygen atoms in total. The van der Waals surface area contributed by atoms with E-state index in [1.54, 1.807) is 0 Å². The van der Waals surface area contributed by atoms with Gasteiger partial charge in [0.2, 0.25) is 0 Å². The molecule has 2 bridgehead atoms. The quantitative estimate of drug-likeness (QED) is 0.763. The molecule has 0 spiro atoms. The minimum atomic E-state index is 0.473. The molecule has 0 radical (unpaired) electrons. The van der Waals surface area contributed by atoms with E-state index in [0.717, 1.165) is 13.1 Å². The van der Waals surface area contributed by atoms with Crippen LogP contribution in [0.1, 0.15) is 6.42 Å². The van der Waals surface area contributed by atoms with Crippen LogP contribution in [-0.2, 0) is 4.74 Å². The number of piperidine rings is 1.